The molecule has 5 heteroatoms. The van der Waals surface area contributed by atoms with Crippen LogP contribution in [0, 0.1) is 0 Å². The van der Waals surface area contributed by atoms with Gasteiger partial charge in [-0.3, -0.25) is 4.79 Å². The zero-order valence-electron chi connectivity index (χ0n) is 11.5. The predicted octanol–water partition coefficient (Wildman–Crippen LogP) is 2.55. The van der Waals surface area contributed by atoms with Gasteiger partial charge in [-0.1, -0.05) is 36.4 Å². The van der Waals surface area contributed by atoms with Crippen LogP contribution < -0.4 is 10.5 Å². The number of pyridine rings is 1. The van der Waals surface area contributed by atoms with Crippen molar-refractivity contribution in [1.29, 1.82) is 0 Å². The first kappa shape index (κ1) is 13.8. The average molecular weight is 292 g/mol. The van der Waals surface area contributed by atoms with Crippen LogP contribution >= 0.6 is 0 Å². The summed E-state index contributed by atoms with van der Waals surface area (Å²) in [5, 5.41) is 0.927. The highest BCUT2D eigenvalue weighted by atomic mass is 16.5. The summed E-state index contributed by atoms with van der Waals surface area (Å²) in [4.78, 5) is 27.8. The number of rotatable bonds is 3. The number of carbonyl (C=O) groups excluding carboxylic acids is 2. The molecule has 0 bridgehead atoms. The highest BCUT2D eigenvalue weighted by molar-refractivity contribution is 5.98. The lowest BCUT2D eigenvalue weighted by atomic mass is 10.2. The minimum absolute atomic E-state index is 0.120. The van der Waals surface area contributed by atoms with Crippen molar-refractivity contribution in [2.24, 2.45) is 5.73 Å². The Morgan fingerprint density at radius 2 is 1.64 bits per heavy atom. The molecule has 0 aliphatic rings. The molecule has 3 aromatic rings. The van der Waals surface area contributed by atoms with Crippen molar-refractivity contribution in [3.05, 3.63) is 71.9 Å². The Bertz CT molecular complexity index is 874. The number of hydrogen-bond acceptors (Lipinski definition) is 4. The molecular weight excluding hydrogens is 280 g/mol. The van der Waals surface area contributed by atoms with E-state index < -0.39 is 11.9 Å². The number of amides is 1. The van der Waals surface area contributed by atoms with Crippen LogP contribution in [0.2, 0.25) is 0 Å². The molecular formula is C17H12N2O3. The number of primary amides is 1. The number of nitrogens with zero attached hydrogens (tertiary/aromatic N) is 1. The number of nitrogens with two attached hydrogens (primary N) is 1. The fraction of sp³-hybridized carbons (Fsp3) is 0. The molecule has 0 saturated heterocycles. The Labute approximate surface area is 126 Å². The lowest BCUT2D eigenvalue weighted by Crippen LogP contribution is -2.16. The maximum Gasteiger partial charge on any atom is 0.362 e. The Kier molecular flexibility index (Phi) is 3.53. The van der Waals surface area contributed by atoms with Crippen molar-refractivity contribution in [3.63, 3.8) is 0 Å². The zero-order valence-corrected chi connectivity index (χ0v) is 11.5. The molecule has 22 heavy (non-hydrogen) atoms. The maximum absolute atomic E-state index is 12.2. The molecule has 0 spiro atoms. The van der Waals surface area contributed by atoms with Crippen LogP contribution in [-0.2, 0) is 0 Å². The first-order valence-electron chi connectivity index (χ1n) is 6.62. The number of carbonyl (C=O) groups is 2. The van der Waals surface area contributed by atoms with Crippen molar-refractivity contribution in [2.45, 2.75) is 0 Å². The number of ether oxygens (including phenoxy) is 1. The molecule has 2 aromatic carbocycles. The lowest BCUT2D eigenvalue weighted by Gasteiger charge is -2.07. The second kappa shape index (κ2) is 5.65. The highest BCUT2D eigenvalue weighted by Gasteiger charge is 2.15. The molecule has 0 saturated carbocycles. The van der Waals surface area contributed by atoms with Crippen molar-refractivity contribution in [2.75, 3.05) is 0 Å². The van der Waals surface area contributed by atoms with Gasteiger partial charge in [-0.25, -0.2) is 9.78 Å². The summed E-state index contributed by atoms with van der Waals surface area (Å²) in [7, 11) is 0. The van der Waals surface area contributed by atoms with Gasteiger partial charge in [-0.2, -0.15) is 0 Å². The summed E-state index contributed by atoms with van der Waals surface area (Å²) in [5.74, 6) is -1.18. The van der Waals surface area contributed by atoms with Crippen molar-refractivity contribution in [3.8, 4) is 5.75 Å². The van der Waals surface area contributed by atoms with Gasteiger partial charge in [0.2, 0.25) is 0 Å². The summed E-state index contributed by atoms with van der Waals surface area (Å²) < 4.78 is 5.24. The molecule has 1 heterocycles. The van der Waals surface area contributed by atoms with E-state index in [2.05, 4.69) is 4.98 Å². The summed E-state index contributed by atoms with van der Waals surface area (Å²) in [6.07, 6.45) is 0. The summed E-state index contributed by atoms with van der Waals surface area (Å²) in [6.45, 7) is 0. The average Bonchev–Trinajstić information content (AvgIpc) is 2.54. The normalized spacial score (nSPS) is 10.4. The lowest BCUT2D eigenvalue weighted by molar-refractivity contribution is 0.0727. The van der Waals surface area contributed by atoms with Crippen LogP contribution in [0.5, 0.6) is 5.75 Å². The van der Waals surface area contributed by atoms with Gasteiger partial charge in [0.05, 0.1) is 11.1 Å². The van der Waals surface area contributed by atoms with Gasteiger partial charge < -0.3 is 10.5 Å². The fourth-order valence-corrected chi connectivity index (χ4v) is 2.09. The van der Waals surface area contributed by atoms with E-state index in [4.69, 9.17) is 10.5 Å². The monoisotopic (exact) mass is 292 g/mol. The molecule has 0 radical (unpaired) electrons. The van der Waals surface area contributed by atoms with E-state index in [1.165, 1.54) is 12.1 Å². The predicted molar refractivity (Wildman–Crippen MR) is 81.7 cm³/mol. The number of hydrogen-bond donors (Lipinski definition) is 1. The fourth-order valence-electron chi connectivity index (χ4n) is 2.09. The van der Waals surface area contributed by atoms with Crippen molar-refractivity contribution in [1.82, 2.24) is 4.98 Å². The third-order valence-electron chi connectivity index (χ3n) is 3.16. The molecule has 0 aliphatic carbocycles. The number of benzene rings is 2. The van der Waals surface area contributed by atoms with Gasteiger partial charge in [-0.05, 0) is 24.3 Å². The molecule has 0 atom stereocenters. The molecule has 0 aliphatic heterocycles. The molecule has 0 unspecified atom stereocenters. The third kappa shape index (κ3) is 2.64. The zero-order chi connectivity index (χ0) is 15.5. The Balaban J connectivity index is 1.92. The highest BCUT2D eigenvalue weighted by Crippen LogP contribution is 2.19. The van der Waals surface area contributed by atoms with E-state index in [0.717, 1.165) is 5.39 Å². The standard InChI is InChI=1S/C17H12N2O3/c18-16(20)12-6-2-4-8-15(12)22-17(21)14-10-9-11-5-1-3-7-13(11)19-14/h1-10H,(H2,18,20). The number of aromatic nitrogens is 1. The van der Waals surface area contributed by atoms with E-state index >= 15 is 0 Å². The molecule has 5 nitrogen and oxygen atoms in total. The molecule has 0 fully saturated rings. The molecule has 1 aromatic heterocycles. The smallest absolute Gasteiger partial charge is 0.362 e. The minimum atomic E-state index is -0.658. The van der Waals surface area contributed by atoms with Crippen molar-refractivity contribution >= 4 is 22.8 Å². The largest absolute Gasteiger partial charge is 0.421 e. The topological polar surface area (TPSA) is 82.3 Å². The third-order valence-corrected chi connectivity index (χ3v) is 3.16. The van der Waals surface area contributed by atoms with Crippen LogP contribution in [0.4, 0.5) is 0 Å². The summed E-state index contributed by atoms with van der Waals surface area (Å²) in [6, 6.07) is 17.1. The second-order valence-electron chi connectivity index (χ2n) is 4.64. The Hall–Kier alpha value is -3.21. The van der Waals surface area contributed by atoms with Crippen molar-refractivity contribution < 1.29 is 14.3 Å². The van der Waals surface area contributed by atoms with Gasteiger partial charge in [0.15, 0.2) is 0 Å². The van der Waals surface area contributed by atoms with Gasteiger partial charge in [-0.15, -0.1) is 0 Å². The molecule has 108 valence electrons. The number of para-hydroxylation sites is 2. The second-order valence-corrected chi connectivity index (χ2v) is 4.64. The van der Waals surface area contributed by atoms with Gasteiger partial charge >= 0.3 is 5.97 Å². The van der Waals surface area contributed by atoms with Gasteiger partial charge in [0.25, 0.3) is 5.91 Å². The van der Waals surface area contributed by atoms with Crippen LogP contribution in [0.1, 0.15) is 20.8 Å². The van der Waals surface area contributed by atoms with Crippen LogP contribution in [0.3, 0.4) is 0 Å². The van der Waals surface area contributed by atoms with Crippen LogP contribution in [-0.4, -0.2) is 16.9 Å². The minimum Gasteiger partial charge on any atom is -0.421 e. The van der Waals surface area contributed by atoms with E-state index in [1.807, 2.05) is 24.3 Å². The SMILES string of the molecule is NC(=O)c1ccccc1OC(=O)c1ccc2ccccc2n1. The first-order chi connectivity index (χ1) is 10.6. The first-order valence-corrected chi connectivity index (χ1v) is 6.62. The summed E-state index contributed by atoms with van der Waals surface area (Å²) in [5.41, 5.74) is 6.27. The van der Waals surface area contributed by atoms with Crippen LogP contribution in [0.25, 0.3) is 10.9 Å². The maximum atomic E-state index is 12.2. The summed E-state index contributed by atoms with van der Waals surface area (Å²) >= 11 is 0. The van der Waals surface area contributed by atoms with E-state index in [9.17, 15) is 9.59 Å². The van der Waals surface area contributed by atoms with E-state index in [-0.39, 0.29) is 17.0 Å². The quantitative estimate of drug-likeness (QED) is 0.594. The van der Waals surface area contributed by atoms with Gasteiger partial charge in [0.1, 0.15) is 11.4 Å². The molecule has 2 N–H and O–H groups in total. The number of esters is 1. The van der Waals surface area contributed by atoms with E-state index in [1.54, 1.807) is 24.3 Å². The van der Waals surface area contributed by atoms with Crippen LogP contribution in [0.15, 0.2) is 60.7 Å². The number of fused-ring (bicyclic) bond motifs is 1. The van der Waals surface area contributed by atoms with Gasteiger partial charge in [0, 0.05) is 5.39 Å². The Morgan fingerprint density at radius 1 is 0.909 bits per heavy atom. The van der Waals surface area contributed by atoms with E-state index in [0.29, 0.717) is 5.52 Å². The molecule has 3 rings (SSSR count). The molecule has 1 amide bonds. The Morgan fingerprint density at radius 3 is 2.45 bits per heavy atom.